The standard InChI is InChI=1S/C60H113N3O11S/c1-4-7-10-13-16-19-22-25-28-31-34-37-40-43-55(66)61-54(59(70)62-52(46-64)58(69)63-53(47-65)60(71)72)50-75-49-51(74-57(68)45-42-39-36-33-30-27-24-21-18-15-12-9-6-3)48-73-56(67)44-41-38-35-32-29-26-23-20-17-14-11-8-5-2/h51-54,64-65H,4-50H2,1-3H3,(H,61,66)(H,62,70)(H,63,69)(H,71,72)/t51?,52-,53-,54-/m0/s1. The zero-order valence-electron chi connectivity index (χ0n) is 48.1. The average molecular weight is 1080 g/mol. The predicted molar refractivity (Wildman–Crippen MR) is 307 cm³/mol. The fraction of sp³-hybridized carbons (Fsp3) is 0.900. The molecule has 0 aromatic heterocycles. The van der Waals surface area contributed by atoms with E-state index in [4.69, 9.17) is 9.47 Å². The Morgan fingerprint density at radius 2 is 0.707 bits per heavy atom. The van der Waals surface area contributed by atoms with Crippen molar-refractivity contribution in [2.75, 3.05) is 31.3 Å². The molecule has 0 saturated carbocycles. The third-order valence-electron chi connectivity index (χ3n) is 14.1. The first kappa shape index (κ1) is 72.1. The second-order valence-corrected chi connectivity index (χ2v) is 22.3. The summed E-state index contributed by atoms with van der Waals surface area (Å²) >= 11 is 1.21. The average Bonchev–Trinajstić information content (AvgIpc) is 3.39. The summed E-state index contributed by atoms with van der Waals surface area (Å²) in [4.78, 5) is 77.4. The zero-order valence-corrected chi connectivity index (χ0v) is 48.9. The molecule has 0 aromatic rings. The Morgan fingerprint density at radius 3 is 1.07 bits per heavy atom. The molecule has 0 radical (unpaired) electrons. The number of ether oxygens (including phenoxy) is 2. The molecule has 3 amide bonds. The van der Waals surface area contributed by atoms with Crippen LogP contribution in [0, 0.1) is 0 Å². The molecule has 6 N–H and O–H groups in total. The smallest absolute Gasteiger partial charge is 0.328 e. The van der Waals surface area contributed by atoms with E-state index in [2.05, 4.69) is 36.7 Å². The van der Waals surface area contributed by atoms with E-state index in [1.807, 2.05) is 0 Å². The van der Waals surface area contributed by atoms with Gasteiger partial charge in [0.1, 0.15) is 30.8 Å². The number of amides is 3. The van der Waals surface area contributed by atoms with Gasteiger partial charge in [0, 0.05) is 30.8 Å². The summed E-state index contributed by atoms with van der Waals surface area (Å²) in [5.41, 5.74) is 0. The van der Waals surface area contributed by atoms with Crippen molar-refractivity contribution in [3.05, 3.63) is 0 Å². The molecule has 15 heteroatoms. The van der Waals surface area contributed by atoms with Crippen LogP contribution in [0.4, 0.5) is 0 Å². The number of hydrogen-bond donors (Lipinski definition) is 6. The molecule has 0 aliphatic carbocycles. The highest BCUT2D eigenvalue weighted by atomic mass is 32.2. The van der Waals surface area contributed by atoms with Gasteiger partial charge in [0.2, 0.25) is 17.7 Å². The maximum absolute atomic E-state index is 13.7. The third-order valence-corrected chi connectivity index (χ3v) is 15.2. The Bertz CT molecular complexity index is 1390. The van der Waals surface area contributed by atoms with E-state index in [1.54, 1.807) is 0 Å². The van der Waals surface area contributed by atoms with E-state index in [0.717, 1.165) is 57.8 Å². The van der Waals surface area contributed by atoms with Gasteiger partial charge >= 0.3 is 17.9 Å². The fourth-order valence-corrected chi connectivity index (χ4v) is 10.2. The molecule has 0 saturated heterocycles. The van der Waals surface area contributed by atoms with Crippen molar-refractivity contribution in [2.45, 2.75) is 315 Å². The van der Waals surface area contributed by atoms with Crippen LogP contribution in [0.25, 0.3) is 0 Å². The molecule has 0 aliphatic heterocycles. The lowest BCUT2D eigenvalue weighted by molar-refractivity contribution is -0.157. The van der Waals surface area contributed by atoms with Crippen molar-refractivity contribution < 1.29 is 53.6 Å². The van der Waals surface area contributed by atoms with Gasteiger partial charge in [-0.05, 0) is 19.3 Å². The van der Waals surface area contributed by atoms with Gasteiger partial charge in [-0.25, -0.2) is 4.79 Å². The largest absolute Gasteiger partial charge is 0.480 e. The number of rotatable bonds is 57. The quantitative estimate of drug-likeness (QED) is 0.0248. The molecule has 0 fully saturated rings. The van der Waals surface area contributed by atoms with Gasteiger partial charge in [0.15, 0.2) is 0 Å². The van der Waals surface area contributed by atoms with E-state index in [1.165, 1.54) is 185 Å². The second kappa shape index (κ2) is 54.4. The number of hydrogen-bond acceptors (Lipinski definition) is 11. The van der Waals surface area contributed by atoms with Gasteiger partial charge in [-0.1, -0.05) is 252 Å². The zero-order chi connectivity index (χ0) is 55.3. The van der Waals surface area contributed by atoms with Gasteiger partial charge in [-0.15, -0.1) is 0 Å². The van der Waals surface area contributed by atoms with Crippen LogP contribution in [0.5, 0.6) is 0 Å². The number of esters is 2. The lowest BCUT2D eigenvalue weighted by Crippen LogP contribution is -2.58. The first-order valence-electron chi connectivity index (χ1n) is 30.8. The minimum Gasteiger partial charge on any atom is -0.480 e. The minimum atomic E-state index is -1.65. The molecule has 0 heterocycles. The number of carbonyl (C=O) groups excluding carboxylic acids is 5. The van der Waals surface area contributed by atoms with Gasteiger partial charge in [-0.3, -0.25) is 24.0 Å². The Morgan fingerprint density at radius 1 is 0.387 bits per heavy atom. The summed E-state index contributed by atoms with van der Waals surface area (Å²) in [7, 11) is 0. The predicted octanol–water partition coefficient (Wildman–Crippen LogP) is 13.1. The summed E-state index contributed by atoms with van der Waals surface area (Å²) in [6.45, 7) is 4.79. The highest BCUT2D eigenvalue weighted by molar-refractivity contribution is 7.99. The summed E-state index contributed by atoms with van der Waals surface area (Å²) in [6.07, 6.45) is 45.9. The van der Waals surface area contributed by atoms with Crippen molar-refractivity contribution in [3.63, 3.8) is 0 Å². The van der Waals surface area contributed by atoms with Crippen LogP contribution in [0.3, 0.4) is 0 Å². The highest BCUT2D eigenvalue weighted by Gasteiger charge is 2.30. The molecule has 14 nitrogen and oxygen atoms in total. The van der Waals surface area contributed by atoms with Crippen LogP contribution in [0.1, 0.15) is 290 Å². The van der Waals surface area contributed by atoms with Crippen molar-refractivity contribution in [1.82, 2.24) is 16.0 Å². The van der Waals surface area contributed by atoms with Crippen LogP contribution in [-0.4, -0.2) is 107 Å². The fourth-order valence-electron chi connectivity index (χ4n) is 9.19. The van der Waals surface area contributed by atoms with E-state index >= 15 is 0 Å². The van der Waals surface area contributed by atoms with Crippen LogP contribution >= 0.6 is 11.8 Å². The molecule has 75 heavy (non-hydrogen) atoms. The van der Waals surface area contributed by atoms with Crippen molar-refractivity contribution in [1.29, 1.82) is 0 Å². The Balaban J connectivity index is 5.46. The Labute approximate surface area is 461 Å². The molecule has 4 atom stereocenters. The molecular formula is C60H113N3O11S. The number of nitrogens with one attached hydrogen (secondary N) is 3. The normalized spacial score (nSPS) is 12.9. The number of carbonyl (C=O) groups is 6. The van der Waals surface area contributed by atoms with E-state index in [0.29, 0.717) is 19.3 Å². The first-order chi connectivity index (χ1) is 36.5. The van der Waals surface area contributed by atoms with Crippen molar-refractivity contribution >= 4 is 47.4 Å². The summed E-state index contributed by atoms with van der Waals surface area (Å²) in [5.74, 6) is -4.28. The van der Waals surface area contributed by atoms with Crippen molar-refractivity contribution in [2.24, 2.45) is 0 Å². The van der Waals surface area contributed by atoms with E-state index in [9.17, 15) is 44.1 Å². The minimum absolute atomic E-state index is 0.00977. The third kappa shape index (κ3) is 46.9. The van der Waals surface area contributed by atoms with Crippen LogP contribution in [0.2, 0.25) is 0 Å². The SMILES string of the molecule is CCCCCCCCCCCCCCCC(=O)N[C@@H](CSCC(COC(=O)CCCCCCCCCCCCCCC)OC(=O)CCCCCCCCCCCCCCC)C(=O)N[C@@H](CO)C(=O)N[C@@H](CO)C(=O)O. The molecule has 0 bridgehead atoms. The molecular weight excluding hydrogens is 971 g/mol. The topological polar surface area (TPSA) is 218 Å². The monoisotopic (exact) mass is 1080 g/mol. The van der Waals surface area contributed by atoms with Crippen LogP contribution in [0.15, 0.2) is 0 Å². The van der Waals surface area contributed by atoms with Crippen molar-refractivity contribution in [3.8, 4) is 0 Å². The van der Waals surface area contributed by atoms with Crippen LogP contribution < -0.4 is 16.0 Å². The maximum Gasteiger partial charge on any atom is 0.328 e. The Hall–Kier alpha value is -2.91. The summed E-state index contributed by atoms with van der Waals surface area (Å²) in [6, 6.07) is -4.40. The van der Waals surface area contributed by atoms with Crippen LogP contribution in [-0.2, 0) is 38.2 Å². The number of carboxylic acids is 1. The number of carboxylic acid groups (broad SMARTS) is 1. The lowest BCUT2D eigenvalue weighted by atomic mass is 10.0. The maximum atomic E-state index is 13.7. The number of unbranched alkanes of at least 4 members (excludes halogenated alkanes) is 36. The Kier molecular flexibility index (Phi) is 52.3. The molecule has 440 valence electrons. The van der Waals surface area contributed by atoms with Gasteiger partial charge in [0.05, 0.1) is 13.2 Å². The van der Waals surface area contributed by atoms with Gasteiger partial charge in [-0.2, -0.15) is 11.8 Å². The van der Waals surface area contributed by atoms with E-state index in [-0.39, 0.29) is 49.3 Å². The highest BCUT2D eigenvalue weighted by Crippen LogP contribution is 2.18. The molecule has 0 spiro atoms. The van der Waals surface area contributed by atoms with Gasteiger partial charge in [0.25, 0.3) is 0 Å². The molecule has 0 aromatic carbocycles. The van der Waals surface area contributed by atoms with E-state index < -0.39 is 61.2 Å². The summed E-state index contributed by atoms with van der Waals surface area (Å²) < 4.78 is 11.5. The molecule has 1 unspecified atom stereocenters. The number of aliphatic hydroxyl groups excluding tert-OH is 2. The molecule has 0 aliphatic rings. The number of thioether (sulfide) groups is 1. The number of aliphatic carboxylic acids is 1. The first-order valence-corrected chi connectivity index (χ1v) is 32.0. The molecule has 0 rings (SSSR count). The summed E-state index contributed by atoms with van der Waals surface area (Å²) in [5, 5.41) is 36.0. The second-order valence-electron chi connectivity index (χ2n) is 21.3. The van der Waals surface area contributed by atoms with Gasteiger partial charge < -0.3 is 40.7 Å². The number of aliphatic hydroxyl groups is 2. The lowest BCUT2D eigenvalue weighted by Gasteiger charge is -2.24.